The number of piperidine rings is 3. The summed E-state index contributed by atoms with van der Waals surface area (Å²) in [4.78, 5) is 3.40. The number of rotatable bonds is 5. The molecule has 2 unspecified atom stereocenters. The number of nitrogens with zero attached hydrogens (tertiary/aromatic N) is 1. The van der Waals surface area contributed by atoms with E-state index in [-0.39, 0.29) is 5.41 Å². The first-order valence-electron chi connectivity index (χ1n) is 10.2. The van der Waals surface area contributed by atoms with Crippen LogP contribution in [0.4, 0.5) is 0 Å². The summed E-state index contributed by atoms with van der Waals surface area (Å²) in [6.45, 7) is 12.2. The van der Waals surface area contributed by atoms with E-state index < -0.39 is 11.2 Å². The summed E-state index contributed by atoms with van der Waals surface area (Å²) < 4.78 is 5.99. The van der Waals surface area contributed by atoms with Crippen LogP contribution >= 0.6 is 11.3 Å². The standard InChI is InChI=1S/C23H35NO2S/c1-18(15-21(2,3)4)16-22(25,20-7-6-14-27-20)10-11-23(26-5)17-24-12-8-19(23)9-13-24/h6-7,14,18-19,25H,8-9,12-13,15-17H2,1-5H3/t18?,22?,23-/m1/s1. The Balaban J connectivity index is 1.88. The lowest BCUT2D eigenvalue weighted by atomic mass is 9.74. The Hall–Kier alpha value is -0.860. The summed E-state index contributed by atoms with van der Waals surface area (Å²) in [7, 11) is 1.78. The molecule has 0 aliphatic carbocycles. The molecule has 3 saturated heterocycles. The first-order chi connectivity index (χ1) is 12.7. The van der Waals surface area contributed by atoms with Crippen LogP contribution in [-0.2, 0) is 10.3 Å². The van der Waals surface area contributed by atoms with Gasteiger partial charge in [0.05, 0.1) is 0 Å². The number of hydrogen-bond donors (Lipinski definition) is 1. The van der Waals surface area contributed by atoms with Crippen molar-refractivity contribution in [3.8, 4) is 11.8 Å². The number of thiophene rings is 1. The second kappa shape index (κ2) is 7.87. The molecular weight excluding hydrogens is 354 g/mol. The SMILES string of the molecule is CO[C@]1(C#CC(O)(CC(C)CC(C)(C)C)c2cccs2)CN2CCC1CC2. The van der Waals surface area contributed by atoms with Gasteiger partial charge in [0.2, 0.25) is 0 Å². The average Bonchev–Trinajstić information content (AvgIpc) is 3.15. The number of fused-ring (bicyclic) bond motifs is 3. The van der Waals surface area contributed by atoms with Gasteiger partial charge in [-0.15, -0.1) is 11.3 Å². The van der Waals surface area contributed by atoms with Crippen molar-refractivity contribution in [1.29, 1.82) is 0 Å². The first kappa shape index (κ1) is 20.9. The molecule has 150 valence electrons. The smallest absolute Gasteiger partial charge is 0.160 e. The van der Waals surface area contributed by atoms with Crippen molar-refractivity contribution in [2.45, 2.75) is 64.6 Å². The predicted molar refractivity (Wildman–Crippen MR) is 113 cm³/mol. The second-order valence-electron chi connectivity index (χ2n) is 9.81. The highest BCUT2D eigenvalue weighted by Gasteiger charge is 2.46. The number of ether oxygens (including phenoxy) is 1. The van der Waals surface area contributed by atoms with Crippen LogP contribution in [-0.4, -0.2) is 42.4 Å². The molecule has 3 aliphatic rings. The molecule has 3 nitrogen and oxygen atoms in total. The van der Waals surface area contributed by atoms with E-state index in [0.717, 1.165) is 43.8 Å². The summed E-state index contributed by atoms with van der Waals surface area (Å²) in [5, 5.41) is 13.6. The van der Waals surface area contributed by atoms with Crippen molar-refractivity contribution in [1.82, 2.24) is 4.90 Å². The normalized spacial score (nSPS) is 31.0. The zero-order valence-electron chi connectivity index (χ0n) is 17.5. The van der Waals surface area contributed by atoms with Crippen LogP contribution in [0.2, 0.25) is 0 Å². The van der Waals surface area contributed by atoms with E-state index in [2.05, 4.69) is 44.4 Å². The summed E-state index contributed by atoms with van der Waals surface area (Å²) in [6, 6.07) is 4.01. The van der Waals surface area contributed by atoms with Crippen LogP contribution < -0.4 is 0 Å². The van der Waals surface area contributed by atoms with E-state index in [1.165, 1.54) is 0 Å². The lowest BCUT2D eigenvalue weighted by molar-refractivity contribution is -0.0966. The fourth-order valence-corrected chi connectivity index (χ4v) is 5.79. The lowest BCUT2D eigenvalue weighted by Crippen LogP contribution is -2.59. The third-order valence-electron chi connectivity index (χ3n) is 6.08. The summed E-state index contributed by atoms with van der Waals surface area (Å²) in [5.41, 5.74) is -1.29. The first-order valence-corrected chi connectivity index (χ1v) is 11.1. The van der Waals surface area contributed by atoms with E-state index in [1.807, 2.05) is 17.5 Å². The molecule has 1 N–H and O–H groups in total. The van der Waals surface area contributed by atoms with Crippen LogP contribution in [0.3, 0.4) is 0 Å². The Bertz CT molecular complexity index is 675. The molecule has 0 spiro atoms. The third-order valence-corrected chi connectivity index (χ3v) is 7.11. The maximum atomic E-state index is 11.6. The molecule has 3 fully saturated rings. The molecule has 0 aromatic carbocycles. The molecule has 0 radical (unpaired) electrons. The topological polar surface area (TPSA) is 32.7 Å². The van der Waals surface area contributed by atoms with Gasteiger partial charge in [-0.05, 0) is 61.6 Å². The van der Waals surface area contributed by atoms with Crippen LogP contribution in [0, 0.1) is 29.1 Å². The maximum Gasteiger partial charge on any atom is 0.160 e. The largest absolute Gasteiger partial charge is 0.372 e. The molecule has 1 aromatic rings. The van der Waals surface area contributed by atoms with E-state index in [4.69, 9.17) is 4.74 Å². The lowest BCUT2D eigenvalue weighted by Gasteiger charge is -2.49. The average molecular weight is 390 g/mol. The molecule has 2 bridgehead atoms. The van der Waals surface area contributed by atoms with Crippen molar-refractivity contribution < 1.29 is 9.84 Å². The second-order valence-corrected chi connectivity index (χ2v) is 10.8. The number of methoxy groups -OCH3 is 1. The van der Waals surface area contributed by atoms with Crippen LogP contribution in [0.15, 0.2) is 17.5 Å². The minimum atomic E-state index is -1.10. The zero-order valence-corrected chi connectivity index (χ0v) is 18.4. The molecule has 4 heteroatoms. The van der Waals surface area contributed by atoms with Gasteiger partial charge in [0.25, 0.3) is 0 Å². The van der Waals surface area contributed by atoms with E-state index in [0.29, 0.717) is 18.3 Å². The van der Waals surface area contributed by atoms with Crippen molar-refractivity contribution in [3.63, 3.8) is 0 Å². The highest BCUT2D eigenvalue weighted by molar-refractivity contribution is 7.10. The molecule has 3 aliphatic heterocycles. The minimum absolute atomic E-state index is 0.243. The van der Waals surface area contributed by atoms with Gasteiger partial charge in [-0.1, -0.05) is 45.6 Å². The van der Waals surface area contributed by atoms with Gasteiger partial charge >= 0.3 is 0 Å². The Kier molecular flexibility index (Phi) is 6.08. The van der Waals surface area contributed by atoms with Crippen molar-refractivity contribution in [3.05, 3.63) is 22.4 Å². The summed E-state index contributed by atoms with van der Waals surface area (Å²) in [5.74, 6) is 7.64. The predicted octanol–water partition coefficient (Wildman–Crippen LogP) is 4.51. The summed E-state index contributed by atoms with van der Waals surface area (Å²) >= 11 is 1.59. The Morgan fingerprint density at radius 1 is 1.33 bits per heavy atom. The number of aliphatic hydroxyl groups is 1. The van der Waals surface area contributed by atoms with Gasteiger partial charge in [-0.25, -0.2) is 0 Å². The maximum absolute atomic E-state index is 11.6. The van der Waals surface area contributed by atoms with Gasteiger partial charge < -0.3 is 9.84 Å². The van der Waals surface area contributed by atoms with E-state index in [1.54, 1.807) is 18.4 Å². The molecule has 3 atom stereocenters. The van der Waals surface area contributed by atoms with E-state index >= 15 is 0 Å². The van der Waals surface area contributed by atoms with Gasteiger partial charge in [-0.3, -0.25) is 4.90 Å². The highest BCUT2D eigenvalue weighted by atomic mass is 32.1. The van der Waals surface area contributed by atoms with Crippen LogP contribution in [0.5, 0.6) is 0 Å². The van der Waals surface area contributed by atoms with Gasteiger partial charge in [0, 0.05) is 24.4 Å². The number of hydrogen-bond acceptors (Lipinski definition) is 4. The molecule has 1 aromatic heterocycles. The van der Waals surface area contributed by atoms with E-state index in [9.17, 15) is 5.11 Å². The Labute approximate surface area is 169 Å². The molecule has 0 saturated carbocycles. The highest BCUT2D eigenvalue weighted by Crippen LogP contribution is 2.39. The molecule has 4 heterocycles. The Morgan fingerprint density at radius 2 is 2.04 bits per heavy atom. The fourth-order valence-electron chi connectivity index (χ4n) is 5.00. The monoisotopic (exact) mass is 389 g/mol. The molecular formula is C23H35NO2S. The van der Waals surface area contributed by atoms with Crippen molar-refractivity contribution in [2.75, 3.05) is 26.7 Å². The van der Waals surface area contributed by atoms with Gasteiger partial charge in [-0.2, -0.15) is 0 Å². The zero-order chi connectivity index (χ0) is 19.7. The third kappa shape index (κ3) is 4.77. The van der Waals surface area contributed by atoms with Gasteiger partial charge in [0.1, 0.15) is 5.60 Å². The fraction of sp³-hybridized carbons (Fsp3) is 0.739. The molecule has 4 rings (SSSR count). The molecule has 27 heavy (non-hydrogen) atoms. The summed E-state index contributed by atoms with van der Waals surface area (Å²) in [6.07, 6.45) is 4.00. The van der Waals surface area contributed by atoms with Crippen molar-refractivity contribution in [2.24, 2.45) is 17.3 Å². The van der Waals surface area contributed by atoms with Crippen LogP contribution in [0.1, 0.15) is 58.3 Å². The van der Waals surface area contributed by atoms with Gasteiger partial charge in [0.15, 0.2) is 5.60 Å². The Morgan fingerprint density at radius 3 is 2.52 bits per heavy atom. The van der Waals surface area contributed by atoms with Crippen LogP contribution in [0.25, 0.3) is 0 Å². The quantitative estimate of drug-likeness (QED) is 0.752. The molecule has 0 amide bonds. The van der Waals surface area contributed by atoms with Crippen molar-refractivity contribution >= 4 is 11.3 Å². The minimum Gasteiger partial charge on any atom is -0.372 e.